The quantitative estimate of drug-likeness (QED) is 0.0728. The summed E-state index contributed by atoms with van der Waals surface area (Å²) in [5, 5.41) is 20.0. The van der Waals surface area contributed by atoms with Crippen LogP contribution in [0.5, 0.6) is 0 Å². The second kappa shape index (κ2) is 10.7. The number of nitrogen functional groups attached to an aromatic ring is 1. The molecule has 11 atom stereocenters. The molecule has 2 saturated heterocycles. The van der Waals surface area contributed by atoms with E-state index in [0.717, 1.165) is 17.2 Å². The normalized spacial score (nSPS) is 34.3. The van der Waals surface area contributed by atoms with Crippen molar-refractivity contribution >= 4 is 56.0 Å². The van der Waals surface area contributed by atoms with E-state index in [1.54, 1.807) is 0 Å². The number of alkyl halides is 1. The van der Waals surface area contributed by atoms with Gasteiger partial charge in [-0.1, -0.05) is 0 Å². The van der Waals surface area contributed by atoms with Gasteiger partial charge in [-0.05, 0) is 0 Å². The van der Waals surface area contributed by atoms with Gasteiger partial charge in [-0.25, -0.2) is 19.5 Å². The number of anilines is 1. The van der Waals surface area contributed by atoms with Crippen LogP contribution in [0.3, 0.4) is 0 Å². The molecular formula is C20H21ClN9O13P2+. The molecule has 3 aliphatic rings. The Morgan fingerprint density at radius 2 is 1.82 bits per heavy atom. The molecule has 6 heterocycles. The molecule has 45 heavy (non-hydrogen) atoms. The largest absolute Gasteiger partial charge is 0.695 e. The van der Waals surface area contributed by atoms with Gasteiger partial charge < -0.3 is 35.3 Å². The van der Waals surface area contributed by atoms with Crippen LogP contribution in [-0.4, -0.2) is 107 Å². The molecule has 22 nitrogen and oxygen atoms in total. The number of aliphatic hydroxyl groups is 2. The van der Waals surface area contributed by atoms with E-state index < -0.39 is 87.8 Å². The lowest BCUT2D eigenvalue weighted by molar-refractivity contribution is -0.0965. The van der Waals surface area contributed by atoms with E-state index >= 15 is 0 Å². The molecule has 0 aromatic carbocycles. The van der Waals surface area contributed by atoms with E-state index in [2.05, 4.69) is 29.9 Å². The number of aliphatic hydroxyl groups excluding tert-OH is 1. The van der Waals surface area contributed by atoms with Crippen molar-refractivity contribution in [2.24, 2.45) is 0 Å². The zero-order valence-corrected chi connectivity index (χ0v) is 24.6. The summed E-state index contributed by atoms with van der Waals surface area (Å²) in [7, 11) is -8.43. The number of imidazole rings is 2. The number of phosphoric acid groups is 1. The highest BCUT2D eigenvalue weighted by Gasteiger charge is 2.78. The van der Waals surface area contributed by atoms with E-state index in [1.807, 2.05) is 0 Å². The average Bonchev–Trinajstić information content (AvgIpc) is 3.52. The van der Waals surface area contributed by atoms with Crippen molar-refractivity contribution in [2.45, 2.75) is 54.0 Å². The highest BCUT2D eigenvalue weighted by molar-refractivity contribution is 7.47. The van der Waals surface area contributed by atoms with Gasteiger partial charge in [0.25, 0.3) is 11.1 Å². The summed E-state index contributed by atoms with van der Waals surface area (Å²) in [6, 6.07) is 0. The van der Waals surface area contributed by atoms with Gasteiger partial charge in [0, 0.05) is 4.57 Å². The molecule has 0 amide bonds. The number of fused-ring (bicyclic) bond motifs is 3. The first-order valence-electron chi connectivity index (χ1n) is 12.8. The minimum absolute atomic E-state index is 0.0522. The highest BCUT2D eigenvalue weighted by Crippen LogP contribution is 2.60. The predicted molar refractivity (Wildman–Crippen MR) is 144 cm³/mol. The van der Waals surface area contributed by atoms with Crippen LogP contribution in [0.15, 0.2) is 28.6 Å². The maximum atomic E-state index is 13.2. The minimum Gasteiger partial charge on any atom is -0.387 e. The highest BCUT2D eigenvalue weighted by atomic mass is 35.5. The zero-order valence-electron chi connectivity index (χ0n) is 22.1. The molecule has 25 heteroatoms. The molecular weight excluding hydrogens is 672 g/mol. The number of ether oxygens (including phenoxy) is 2. The van der Waals surface area contributed by atoms with Crippen molar-refractivity contribution in [1.82, 2.24) is 39.0 Å². The summed E-state index contributed by atoms with van der Waals surface area (Å²) in [6.07, 6.45) is -6.53. The van der Waals surface area contributed by atoms with Gasteiger partial charge >= 0.3 is 16.1 Å². The number of rotatable bonds is 9. The number of H-pyrrole nitrogens is 2. The van der Waals surface area contributed by atoms with Gasteiger partial charge in [0.05, 0.1) is 25.6 Å². The number of nitrogens with two attached hydrogens (primary N) is 1. The Kier molecular flexibility index (Phi) is 7.20. The Bertz CT molecular complexity index is 2000. The molecule has 3 unspecified atom stereocenters. The molecule has 240 valence electrons. The Morgan fingerprint density at radius 3 is 2.53 bits per heavy atom. The number of nitrogens with one attached hydrogen (secondary N) is 2. The van der Waals surface area contributed by atoms with E-state index in [0.29, 0.717) is 0 Å². The van der Waals surface area contributed by atoms with Gasteiger partial charge in [0.15, 0.2) is 46.5 Å². The van der Waals surface area contributed by atoms with Crippen LogP contribution >= 0.6 is 27.7 Å². The van der Waals surface area contributed by atoms with Gasteiger partial charge in [-0.2, -0.15) is 4.98 Å². The first kappa shape index (κ1) is 30.4. The van der Waals surface area contributed by atoms with Crippen molar-refractivity contribution in [2.75, 3.05) is 12.3 Å². The third-order valence-corrected chi connectivity index (χ3v) is 9.46. The minimum atomic E-state index is -5.19. The number of aromatic nitrogens is 8. The molecule has 1 saturated carbocycles. The lowest BCUT2D eigenvalue weighted by atomic mass is 10.1. The van der Waals surface area contributed by atoms with Gasteiger partial charge in [0.1, 0.15) is 29.8 Å². The first-order valence-corrected chi connectivity index (χ1v) is 15.8. The van der Waals surface area contributed by atoms with Crippen LogP contribution in [0, 0.1) is 0 Å². The predicted octanol–water partition coefficient (Wildman–Crippen LogP) is -2.12. The van der Waals surface area contributed by atoms with Crippen LogP contribution in [0.1, 0.15) is 12.5 Å². The molecule has 7 rings (SSSR count). The maximum Gasteiger partial charge on any atom is 0.695 e. The van der Waals surface area contributed by atoms with Crippen LogP contribution in [0.25, 0.3) is 22.3 Å². The lowest BCUT2D eigenvalue weighted by Crippen LogP contribution is -2.39. The SMILES string of the molecule is Nc1nc2c(ncn2[C@@H]2O[C@@H]3C(O)[C@]3(O)[C@H]2OP(=O)(O)OC[C@H]2O[C@@H](n3cnc4c(=O)[nH]cnc43)[C@@H](Cl)[C@@H]2O[P+](=O)O)c(=O)[nH]1. The monoisotopic (exact) mass is 692 g/mol. The van der Waals surface area contributed by atoms with Crippen LogP contribution in [-0.2, 0) is 32.2 Å². The Morgan fingerprint density at radius 1 is 1.13 bits per heavy atom. The molecule has 3 fully saturated rings. The molecule has 8 N–H and O–H groups in total. The number of halogens is 1. The van der Waals surface area contributed by atoms with Crippen LogP contribution in [0.4, 0.5) is 5.95 Å². The number of hydrogen-bond acceptors (Lipinski definition) is 16. The van der Waals surface area contributed by atoms with Crippen molar-refractivity contribution < 1.29 is 52.2 Å². The topological polar surface area (TPSA) is 314 Å². The lowest BCUT2D eigenvalue weighted by Gasteiger charge is -2.28. The Labute approximate surface area is 253 Å². The Balaban J connectivity index is 1.12. The summed E-state index contributed by atoms with van der Waals surface area (Å²) in [6.45, 7) is -0.813. The average molecular weight is 693 g/mol. The molecule has 0 spiro atoms. The summed E-state index contributed by atoms with van der Waals surface area (Å²) >= 11 is 6.51. The van der Waals surface area contributed by atoms with Gasteiger partial charge in [0.2, 0.25) is 5.95 Å². The van der Waals surface area contributed by atoms with Crippen molar-refractivity contribution in [3.63, 3.8) is 0 Å². The van der Waals surface area contributed by atoms with Crippen molar-refractivity contribution in [1.29, 1.82) is 0 Å². The summed E-state index contributed by atoms with van der Waals surface area (Å²) in [5.41, 5.74) is 1.96. The fourth-order valence-electron chi connectivity index (χ4n) is 5.46. The van der Waals surface area contributed by atoms with Crippen LogP contribution in [0.2, 0.25) is 0 Å². The summed E-state index contributed by atoms with van der Waals surface area (Å²) < 4.78 is 54.1. The molecule has 1 aliphatic carbocycles. The van der Waals surface area contributed by atoms with E-state index in [1.165, 1.54) is 10.9 Å². The second-order valence-corrected chi connectivity index (χ2v) is 12.8. The molecule has 2 aliphatic heterocycles. The number of nitrogens with zero attached hydrogens (tertiary/aromatic N) is 6. The summed E-state index contributed by atoms with van der Waals surface area (Å²) in [4.78, 5) is 65.0. The van der Waals surface area contributed by atoms with E-state index in [-0.39, 0.29) is 28.3 Å². The number of phosphoric ester groups is 1. The Hall–Kier alpha value is -3.24. The number of hydrogen-bond donors (Lipinski definition) is 7. The van der Waals surface area contributed by atoms with E-state index in [4.69, 9.17) is 40.4 Å². The third kappa shape index (κ3) is 4.90. The van der Waals surface area contributed by atoms with Gasteiger partial charge in [-0.15, -0.1) is 21.0 Å². The van der Waals surface area contributed by atoms with Crippen molar-refractivity contribution in [3.8, 4) is 0 Å². The molecule has 4 aromatic rings. The maximum absolute atomic E-state index is 13.2. The van der Waals surface area contributed by atoms with Crippen molar-refractivity contribution in [3.05, 3.63) is 39.7 Å². The summed E-state index contributed by atoms with van der Waals surface area (Å²) in [5.74, 6) is -0.273. The van der Waals surface area contributed by atoms with Crippen LogP contribution < -0.4 is 16.9 Å². The first-order chi connectivity index (χ1) is 21.3. The van der Waals surface area contributed by atoms with E-state index in [9.17, 15) is 38.7 Å². The fourth-order valence-corrected chi connectivity index (χ4v) is 7.36. The molecule has 0 radical (unpaired) electrons. The molecule has 4 aromatic heterocycles. The second-order valence-electron chi connectivity index (χ2n) is 10.2. The smallest absolute Gasteiger partial charge is 0.387 e. The molecule has 0 bridgehead atoms. The zero-order chi connectivity index (χ0) is 32.0. The number of aromatic amines is 2. The fraction of sp³-hybridized carbons (Fsp3) is 0.500. The van der Waals surface area contributed by atoms with Gasteiger partial charge in [-0.3, -0.25) is 32.8 Å². The third-order valence-electron chi connectivity index (χ3n) is 7.60. The standard InChI is InChI=1S/C20H20ClN9O13P2/c21-6-9(42-44(35)36)5(40-17(6)29-3-25-7-13(29)23-2-24-15(7)32)1-39-45(37,38)43-12-18(41-11-10(31)20(11,12)34)30-4-26-8-14(30)27-19(22)28-16(8)33/h2-6,9-12,17-18,31,34H,1H2,(H5-,22,23,24,27,28,32,33,35,36,37,38)/p+1/t5-,6+,9-,10?,11-,12+,17-,18-,20-/m1/s1.